The number of imidazole rings is 1. The van der Waals surface area contributed by atoms with Crippen molar-refractivity contribution in [2.24, 2.45) is 0 Å². The van der Waals surface area contributed by atoms with Crippen molar-refractivity contribution in [2.75, 3.05) is 0 Å². The van der Waals surface area contributed by atoms with Gasteiger partial charge in [0.2, 0.25) is 0 Å². The number of hydrogen-bond acceptors (Lipinski definition) is 7. The number of fused-ring (bicyclic) bond motifs is 1. The normalized spacial score (nSPS) is 17.9. The lowest BCUT2D eigenvalue weighted by Crippen LogP contribution is -2.48. The van der Waals surface area contributed by atoms with Crippen molar-refractivity contribution >= 4 is 50.1 Å². The number of nitrogens with one attached hydrogen (secondary N) is 3. The molecular weight excluding hydrogens is 566 g/mol. The lowest BCUT2D eigenvalue weighted by molar-refractivity contribution is 0.0906. The van der Waals surface area contributed by atoms with Crippen molar-refractivity contribution in [2.45, 2.75) is 64.1 Å². The van der Waals surface area contributed by atoms with Crippen LogP contribution in [-0.2, 0) is 0 Å². The van der Waals surface area contributed by atoms with E-state index in [4.69, 9.17) is 4.98 Å². The SMILES string of the molecule is CC(C)(C)NNC(=O)c1cc2nc(-c3ccccn3)n(C3CCCC(NC(=O)c4ccc(Br)s4)C3)c2cn1. The van der Waals surface area contributed by atoms with Crippen molar-refractivity contribution in [1.29, 1.82) is 0 Å². The summed E-state index contributed by atoms with van der Waals surface area (Å²) in [7, 11) is 0. The number of thiophene rings is 1. The van der Waals surface area contributed by atoms with Gasteiger partial charge in [-0.2, -0.15) is 0 Å². The Hall–Kier alpha value is -3.15. The molecule has 1 fully saturated rings. The lowest BCUT2D eigenvalue weighted by Gasteiger charge is -2.31. The largest absolute Gasteiger partial charge is 0.349 e. The number of hydrazine groups is 1. The summed E-state index contributed by atoms with van der Waals surface area (Å²) in [6, 6.07) is 11.3. The van der Waals surface area contributed by atoms with E-state index in [2.05, 4.69) is 46.6 Å². The monoisotopic (exact) mass is 595 g/mol. The van der Waals surface area contributed by atoms with Gasteiger partial charge in [0.1, 0.15) is 11.4 Å². The first-order valence-corrected chi connectivity index (χ1v) is 14.2. The molecule has 9 nitrogen and oxygen atoms in total. The summed E-state index contributed by atoms with van der Waals surface area (Å²) < 4.78 is 3.11. The molecule has 38 heavy (non-hydrogen) atoms. The lowest BCUT2D eigenvalue weighted by atomic mass is 9.90. The molecule has 2 amide bonds. The summed E-state index contributed by atoms with van der Waals surface area (Å²) in [5.74, 6) is 0.358. The molecular formula is C27H30BrN7O2S. The smallest absolute Gasteiger partial charge is 0.284 e. The zero-order valence-electron chi connectivity index (χ0n) is 21.5. The van der Waals surface area contributed by atoms with Crippen LogP contribution in [-0.4, -0.2) is 42.9 Å². The third kappa shape index (κ3) is 5.95. The molecule has 0 aliphatic heterocycles. The van der Waals surface area contributed by atoms with E-state index in [1.54, 1.807) is 18.5 Å². The van der Waals surface area contributed by atoms with Crippen LogP contribution >= 0.6 is 27.3 Å². The fourth-order valence-corrected chi connectivity index (χ4v) is 5.98. The second-order valence-electron chi connectivity index (χ2n) is 10.5. The molecule has 0 bridgehead atoms. The minimum atomic E-state index is -0.323. The Morgan fingerprint density at radius 1 is 1.11 bits per heavy atom. The average Bonchev–Trinajstić information content (AvgIpc) is 3.51. The number of carbonyl (C=O) groups is 2. The molecule has 2 atom stereocenters. The number of amides is 2. The summed E-state index contributed by atoms with van der Waals surface area (Å²) in [4.78, 5) is 40.2. The van der Waals surface area contributed by atoms with Crippen molar-refractivity contribution < 1.29 is 9.59 Å². The van der Waals surface area contributed by atoms with Gasteiger partial charge in [0, 0.05) is 23.8 Å². The van der Waals surface area contributed by atoms with Crippen molar-refractivity contribution in [3.05, 3.63) is 63.1 Å². The number of nitrogens with zero attached hydrogens (tertiary/aromatic N) is 4. The van der Waals surface area contributed by atoms with Crippen molar-refractivity contribution in [3.8, 4) is 11.5 Å². The van der Waals surface area contributed by atoms with Gasteiger partial charge in [-0.15, -0.1) is 11.3 Å². The molecule has 0 aromatic carbocycles. The Balaban J connectivity index is 1.45. The van der Waals surface area contributed by atoms with E-state index in [0.29, 0.717) is 10.4 Å². The highest BCUT2D eigenvalue weighted by Gasteiger charge is 2.29. The summed E-state index contributed by atoms with van der Waals surface area (Å²) in [5.41, 5.74) is 7.97. The van der Waals surface area contributed by atoms with E-state index >= 15 is 0 Å². The van der Waals surface area contributed by atoms with Gasteiger partial charge in [-0.3, -0.25) is 20.0 Å². The number of pyridine rings is 2. The fraction of sp³-hybridized carbons (Fsp3) is 0.370. The number of rotatable bonds is 6. The van der Waals surface area contributed by atoms with Gasteiger partial charge in [-0.05, 0) is 92.7 Å². The van der Waals surface area contributed by atoms with Gasteiger partial charge in [-0.1, -0.05) is 6.07 Å². The Morgan fingerprint density at radius 3 is 2.66 bits per heavy atom. The van der Waals surface area contributed by atoms with E-state index in [-0.39, 0.29) is 35.1 Å². The number of hydrogen-bond donors (Lipinski definition) is 3. The first kappa shape index (κ1) is 26.5. The molecule has 1 saturated carbocycles. The molecule has 1 aliphatic carbocycles. The highest BCUT2D eigenvalue weighted by molar-refractivity contribution is 9.11. The van der Waals surface area contributed by atoms with E-state index < -0.39 is 0 Å². The molecule has 1 aliphatic rings. The van der Waals surface area contributed by atoms with Gasteiger partial charge < -0.3 is 9.88 Å². The molecule has 0 saturated heterocycles. The van der Waals surface area contributed by atoms with Gasteiger partial charge in [0.05, 0.1) is 25.9 Å². The molecule has 5 rings (SSSR count). The molecule has 0 spiro atoms. The van der Waals surface area contributed by atoms with Gasteiger partial charge in [-0.25, -0.2) is 15.4 Å². The number of halogens is 1. The number of carbonyl (C=O) groups excluding carboxylic acids is 2. The molecule has 4 aromatic rings. The van der Waals surface area contributed by atoms with Crippen molar-refractivity contribution in [1.82, 2.24) is 35.7 Å². The first-order valence-electron chi connectivity index (χ1n) is 12.6. The molecule has 4 heterocycles. The topological polar surface area (TPSA) is 114 Å². The van der Waals surface area contributed by atoms with Crippen LogP contribution in [0, 0.1) is 0 Å². The van der Waals surface area contributed by atoms with E-state index in [1.807, 2.05) is 51.1 Å². The summed E-state index contributed by atoms with van der Waals surface area (Å²) in [6.45, 7) is 5.89. The summed E-state index contributed by atoms with van der Waals surface area (Å²) in [6.07, 6.45) is 7.06. The van der Waals surface area contributed by atoms with Gasteiger partial charge in [0.25, 0.3) is 11.8 Å². The van der Waals surface area contributed by atoms with Crippen LogP contribution in [0.25, 0.3) is 22.6 Å². The Kier molecular flexibility index (Phi) is 7.60. The fourth-order valence-electron chi connectivity index (χ4n) is 4.70. The molecule has 0 radical (unpaired) electrons. The second-order valence-corrected chi connectivity index (χ2v) is 13.0. The predicted molar refractivity (Wildman–Crippen MR) is 152 cm³/mol. The maximum Gasteiger partial charge on any atom is 0.284 e. The Morgan fingerprint density at radius 2 is 1.95 bits per heavy atom. The third-order valence-corrected chi connectivity index (χ3v) is 8.02. The zero-order chi connectivity index (χ0) is 26.9. The van der Waals surface area contributed by atoms with E-state index in [0.717, 1.165) is 46.5 Å². The van der Waals surface area contributed by atoms with Crippen LogP contribution in [0.4, 0.5) is 0 Å². The molecule has 198 valence electrons. The highest BCUT2D eigenvalue weighted by atomic mass is 79.9. The number of aromatic nitrogens is 4. The highest BCUT2D eigenvalue weighted by Crippen LogP contribution is 2.36. The van der Waals surface area contributed by atoms with Crippen LogP contribution in [0.5, 0.6) is 0 Å². The molecule has 4 aromatic heterocycles. The summed E-state index contributed by atoms with van der Waals surface area (Å²) in [5, 5.41) is 3.22. The maximum absolute atomic E-state index is 12.8. The second kappa shape index (κ2) is 10.9. The van der Waals surface area contributed by atoms with Gasteiger partial charge >= 0.3 is 0 Å². The predicted octanol–water partition coefficient (Wildman–Crippen LogP) is 5.26. The van der Waals surface area contributed by atoms with E-state index in [9.17, 15) is 9.59 Å². The van der Waals surface area contributed by atoms with Crippen LogP contribution in [0.3, 0.4) is 0 Å². The Labute approximate surface area is 233 Å². The average molecular weight is 597 g/mol. The van der Waals surface area contributed by atoms with E-state index in [1.165, 1.54) is 11.3 Å². The van der Waals surface area contributed by atoms with Crippen molar-refractivity contribution in [3.63, 3.8) is 0 Å². The zero-order valence-corrected chi connectivity index (χ0v) is 23.9. The first-order chi connectivity index (χ1) is 18.2. The molecule has 3 N–H and O–H groups in total. The minimum absolute atomic E-state index is 0.0395. The minimum Gasteiger partial charge on any atom is -0.349 e. The van der Waals surface area contributed by atoms with Crippen LogP contribution in [0.15, 0.2) is 52.6 Å². The van der Waals surface area contributed by atoms with Gasteiger partial charge in [0.15, 0.2) is 5.82 Å². The molecule has 2 unspecified atom stereocenters. The van der Waals surface area contributed by atoms with Crippen LogP contribution in [0.2, 0.25) is 0 Å². The third-order valence-electron chi connectivity index (χ3n) is 6.40. The quantitative estimate of drug-likeness (QED) is 0.262. The molecule has 11 heteroatoms. The standard InChI is InChI=1S/C27H30BrN7O2S/c1-27(2,3)34-33-25(36)20-14-19-21(15-30-20)35(24(32-19)18-9-4-5-12-29-18)17-8-6-7-16(13-17)31-26(37)22-10-11-23(28)38-22/h4-5,9-12,14-17,34H,6-8,13H2,1-3H3,(H,31,37)(H,33,36). The van der Waals surface area contributed by atoms with Crippen LogP contribution in [0.1, 0.15) is 72.7 Å². The maximum atomic E-state index is 12.8. The summed E-state index contributed by atoms with van der Waals surface area (Å²) >= 11 is 4.86. The Bertz CT molecular complexity index is 1460. The van der Waals surface area contributed by atoms with Crippen LogP contribution < -0.4 is 16.2 Å².